The van der Waals surface area contributed by atoms with E-state index in [9.17, 15) is 9.59 Å². The van der Waals surface area contributed by atoms with Crippen LogP contribution in [0.2, 0.25) is 0 Å². The third kappa shape index (κ3) is 2.06. The van der Waals surface area contributed by atoms with Crippen molar-refractivity contribution in [1.82, 2.24) is 4.90 Å². The number of ketones is 1. The maximum Gasteiger partial charge on any atom is 0.410 e. The standard InChI is InChI=1S/C13H17NO4/c1-3-8-18-12(16)14-7-6-13(17-2)5-4-10(15)9-11(13)14/h3-5,11H,1,6-9H2,2H3/t11-,13+/m1/s1. The monoisotopic (exact) mass is 251 g/mol. The number of carbonyl (C=O) groups is 2. The summed E-state index contributed by atoms with van der Waals surface area (Å²) < 4.78 is 10.6. The molecule has 0 aromatic heterocycles. The number of likely N-dealkylation sites (tertiary alicyclic amines) is 1. The van der Waals surface area contributed by atoms with Gasteiger partial charge in [-0.25, -0.2) is 4.79 Å². The maximum atomic E-state index is 11.9. The molecule has 2 atom stereocenters. The molecule has 1 aliphatic heterocycles. The molecule has 0 bridgehead atoms. The molecule has 5 nitrogen and oxygen atoms in total. The molecule has 5 heteroatoms. The predicted molar refractivity (Wildman–Crippen MR) is 65.2 cm³/mol. The van der Waals surface area contributed by atoms with Crippen LogP contribution in [0.25, 0.3) is 0 Å². The number of rotatable bonds is 3. The van der Waals surface area contributed by atoms with E-state index in [1.54, 1.807) is 24.2 Å². The zero-order valence-electron chi connectivity index (χ0n) is 10.4. The fourth-order valence-electron chi connectivity index (χ4n) is 2.59. The molecule has 2 aliphatic rings. The Morgan fingerprint density at radius 1 is 1.72 bits per heavy atom. The Kier molecular flexibility index (Phi) is 3.52. The SMILES string of the molecule is C=CCOC(=O)N1CC[C@@]2(OC)C=CC(=O)C[C@@H]12. The second kappa shape index (κ2) is 4.94. The van der Waals surface area contributed by atoms with Crippen LogP contribution in [0.4, 0.5) is 4.79 Å². The molecule has 0 aromatic rings. The quantitative estimate of drug-likeness (QED) is 0.709. The summed E-state index contributed by atoms with van der Waals surface area (Å²) >= 11 is 0. The smallest absolute Gasteiger partial charge is 0.410 e. The maximum absolute atomic E-state index is 11.9. The van der Waals surface area contributed by atoms with E-state index in [1.807, 2.05) is 0 Å². The van der Waals surface area contributed by atoms with Gasteiger partial charge in [-0.1, -0.05) is 12.7 Å². The van der Waals surface area contributed by atoms with E-state index in [1.165, 1.54) is 6.08 Å². The van der Waals surface area contributed by atoms with Crippen molar-refractivity contribution in [3.05, 3.63) is 24.8 Å². The van der Waals surface area contributed by atoms with Crippen LogP contribution in [0.5, 0.6) is 0 Å². The minimum Gasteiger partial charge on any atom is -0.445 e. The van der Waals surface area contributed by atoms with Crippen molar-refractivity contribution in [2.45, 2.75) is 24.5 Å². The summed E-state index contributed by atoms with van der Waals surface area (Å²) in [7, 11) is 1.60. The van der Waals surface area contributed by atoms with Crippen LogP contribution >= 0.6 is 0 Å². The van der Waals surface area contributed by atoms with Crippen LogP contribution in [-0.4, -0.2) is 48.7 Å². The van der Waals surface area contributed by atoms with Crippen LogP contribution in [0.3, 0.4) is 0 Å². The second-order valence-corrected chi connectivity index (χ2v) is 4.49. The second-order valence-electron chi connectivity index (χ2n) is 4.49. The van der Waals surface area contributed by atoms with Crippen molar-refractivity contribution < 1.29 is 19.1 Å². The molecule has 1 saturated heterocycles. The van der Waals surface area contributed by atoms with Crippen LogP contribution < -0.4 is 0 Å². The van der Waals surface area contributed by atoms with Gasteiger partial charge in [0.25, 0.3) is 0 Å². The minimum absolute atomic E-state index is 0.0103. The lowest BCUT2D eigenvalue weighted by atomic mass is 9.85. The molecule has 0 radical (unpaired) electrons. The Balaban J connectivity index is 2.16. The number of amides is 1. The molecule has 0 N–H and O–H groups in total. The Morgan fingerprint density at radius 2 is 2.50 bits per heavy atom. The summed E-state index contributed by atoms with van der Waals surface area (Å²) in [6.07, 6.45) is 5.38. The molecule has 1 amide bonds. The largest absolute Gasteiger partial charge is 0.445 e. The average Bonchev–Trinajstić information content (AvgIpc) is 2.75. The zero-order chi connectivity index (χ0) is 13.2. The molecule has 1 heterocycles. The zero-order valence-corrected chi connectivity index (χ0v) is 10.4. The van der Waals surface area contributed by atoms with E-state index < -0.39 is 11.7 Å². The van der Waals surface area contributed by atoms with Crippen LogP contribution in [-0.2, 0) is 14.3 Å². The Bertz CT molecular complexity index is 404. The molecule has 1 fully saturated rings. The molecule has 1 aliphatic carbocycles. The highest BCUT2D eigenvalue weighted by Crippen LogP contribution is 2.38. The molecule has 0 saturated carbocycles. The van der Waals surface area contributed by atoms with Crippen LogP contribution in [0.1, 0.15) is 12.8 Å². The number of ether oxygens (including phenoxy) is 2. The minimum atomic E-state index is -0.541. The lowest BCUT2D eigenvalue weighted by Gasteiger charge is -2.36. The van der Waals surface area contributed by atoms with E-state index in [-0.39, 0.29) is 24.9 Å². The summed E-state index contributed by atoms with van der Waals surface area (Å²) in [5.41, 5.74) is -0.541. The number of allylic oxidation sites excluding steroid dienone is 1. The molecule has 0 unspecified atom stereocenters. The van der Waals surface area contributed by atoms with Gasteiger partial charge >= 0.3 is 6.09 Å². The van der Waals surface area contributed by atoms with E-state index in [2.05, 4.69) is 6.58 Å². The first-order valence-corrected chi connectivity index (χ1v) is 5.94. The van der Waals surface area contributed by atoms with Gasteiger partial charge in [-0.05, 0) is 18.6 Å². The number of nitrogens with zero attached hydrogens (tertiary/aromatic N) is 1. The number of hydrogen-bond acceptors (Lipinski definition) is 4. The van der Waals surface area contributed by atoms with E-state index in [0.29, 0.717) is 13.0 Å². The Morgan fingerprint density at radius 3 is 3.17 bits per heavy atom. The topological polar surface area (TPSA) is 55.8 Å². The third-order valence-electron chi connectivity index (χ3n) is 3.57. The van der Waals surface area contributed by atoms with E-state index in [4.69, 9.17) is 9.47 Å². The predicted octanol–water partition coefficient (Wildman–Crippen LogP) is 1.30. The van der Waals surface area contributed by atoms with Gasteiger partial charge in [-0.15, -0.1) is 0 Å². The van der Waals surface area contributed by atoms with Gasteiger partial charge in [0.1, 0.15) is 12.2 Å². The fraction of sp³-hybridized carbons (Fsp3) is 0.538. The Labute approximate surface area is 106 Å². The van der Waals surface area contributed by atoms with Gasteiger partial charge in [0.05, 0.1) is 6.04 Å². The Hall–Kier alpha value is -1.62. The van der Waals surface area contributed by atoms with E-state index >= 15 is 0 Å². The molecular weight excluding hydrogens is 234 g/mol. The first-order chi connectivity index (χ1) is 8.63. The van der Waals surface area contributed by atoms with Crippen molar-refractivity contribution in [3.8, 4) is 0 Å². The number of fused-ring (bicyclic) bond motifs is 1. The fourth-order valence-corrected chi connectivity index (χ4v) is 2.59. The van der Waals surface area contributed by atoms with Crippen LogP contribution in [0, 0.1) is 0 Å². The molecule has 2 rings (SSSR count). The van der Waals surface area contributed by atoms with Crippen molar-refractivity contribution in [2.75, 3.05) is 20.3 Å². The summed E-state index contributed by atoms with van der Waals surface area (Å²) in [5.74, 6) is 0.0103. The van der Waals surface area contributed by atoms with Crippen molar-refractivity contribution in [1.29, 1.82) is 0 Å². The number of hydrogen-bond donors (Lipinski definition) is 0. The molecule has 0 aromatic carbocycles. The lowest BCUT2D eigenvalue weighted by Crippen LogP contribution is -2.49. The normalized spacial score (nSPS) is 30.2. The summed E-state index contributed by atoms with van der Waals surface area (Å²) in [6, 6.07) is -0.266. The van der Waals surface area contributed by atoms with E-state index in [0.717, 1.165) is 0 Å². The lowest BCUT2D eigenvalue weighted by molar-refractivity contribution is -0.118. The van der Waals surface area contributed by atoms with Gasteiger partial charge in [0.2, 0.25) is 0 Å². The van der Waals surface area contributed by atoms with Gasteiger partial charge in [0, 0.05) is 20.1 Å². The summed E-state index contributed by atoms with van der Waals surface area (Å²) in [6.45, 7) is 4.20. The highest BCUT2D eigenvalue weighted by molar-refractivity contribution is 5.92. The summed E-state index contributed by atoms with van der Waals surface area (Å²) in [5, 5.41) is 0. The van der Waals surface area contributed by atoms with Gasteiger partial charge < -0.3 is 14.4 Å². The first-order valence-electron chi connectivity index (χ1n) is 5.94. The van der Waals surface area contributed by atoms with Gasteiger partial charge in [0.15, 0.2) is 5.78 Å². The van der Waals surface area contributed by atoms with Crippen LogP contribution in [0.15, 0.2) is 24.8 Å². The highest BCUT2D eigenvalue weighted by atomic mass is 16.6. The summed E-state index contributed by atoms with van der Waals surface area (Å²) in [4.78, 5) is 25.0. The molecule has 18 heavy (non-hydrogen) atoms. The van der Waals surface area contributed by atoms with Gasteiger partial charge in [-0.3, -0.25) is 4.79 Å². The van der Waals surface area contributed by atoms with Crippen molar-refractivity contribution in [3.63, 3.8) is 0 Å². The number of carbonyl (C=O) groups excluding carboxylic acids is 2. The highest BCUT2D eigenvalue weighted by Gasteiger charge is 2.50. The third-order valence-corrected chi connectivity index (χ3v) is 3.57. The first kappa shape index (κ1) is 12.8. The molecular formula is C13H17NO4. The van der Waals surface area contributed by atoms with Crippen molar-refractivity contribution >= 4 is 11.9 Å². The average molecular weight is 251 g/mol. The van der Waals surface area contributed by atoms with Gasteiger partial charge in [-0.2, -0.15) is 0 Å². The number of methoxy groups -OCH3 is 1. The molecule has 98 valence electrons. The molecule has 0 spiro atoms. The van der Waals surface area contributed by atoms with Crippen molar-refractivity contribution in [2.24, 2.45) is 0 Å².